The third-order valence-corrected chi connectivity index (χ3v) is 3.53. The van der Waals surface area contributed by atoms with Crippen molar-refractivity contribution >= 4 is 18.0 Å². The number of aliphatic carboxylic acids is 2. The number of piperidine rings is 1. The number of carbonyl (C=O) groups excluding carboxylic acids is 1. The van der Waals surface area contributed by atoms with Crippen LogP contribution in [0.25, 0.3) is 0 Å². The highest BCUT2D eigenvalue weighted by Crippen LogP contribution is 2.23. The summed E-state index contributed by atoms with van der Waals surface area (Å²) in [6, 6.07) is -0.511. The molecule has 0 saturated carbocycles. The maximum atomic E-state index is 12.1. The standard InChI is InChI=1S/C12H20N2O5/c1-8-3-4-13(5-9(8)2)12(19)14(6-10(15)16)7-11(17)18/h8-9H,3-7H2,1-2H3,(H,15,16)(H,17,18). The van der Waals surface area contributed by atoms with Crippen molar-refractivity contribution in [2.24, 2.45) is 11.8 Å². The second-order valence-electron chi connectivity index (χ2n) is 5.12. The van der Waals surface area contributed by atoms with E-state index in [1.165, 1.54) is 4.90 Å². The summed E-state index contributed by atoms with van der Waals surface area (Å²) in [4.78, 5) is 35.9. The highest BCUT2D eigenvalue weighted by molar-refractivity contribution is 5.84. The minimum absolute atomic E-state index is 0.328. The van der Waals surface area contributed by atoms with Crippen LogP contribution in [-0.4, -0.2) is 64.2 Å². The number of carboxylic acid groups (broad SMARTS) is 2. The van der Waals surface area contributed by atoms with E-state index in [-0.39, 0.29) is 0 Å². The molecule has 19 heavy (non-hydrogen) atoms. The number of nitrogens with zero attached hydrogens (tertiary/aromatic N) is 2. The molecule has 1 rings (SSSR count). The topological polar surface area (TPSA) is 98.2 Å². The minimum Gasteiger partial charge on any atom is -0.480 e. The molecule has 2 N–H and O–H groups in total. The first kappa shape index (κ1) is 15.3. The van der Waals surface area contributed by atoms with E-state index in [1.54, 1.807) is 0 Å². The van der Waals surface area contributed by atoms with E-state index in [1.807, 2.05) is 6.92 Å². The van der Waals surface area contributed by atoms with Crippen LogP contribution in [0.4, 0.5) is 4.79 Å². The van der Waals surface area contributed by atoms with Crippen LogP contribution in [0.2, 0.25) is 0 Å². The third-order valence-electron chi connectivity index (χ3n) is 3.53. The van der Waals surface area contributed by atoms with Gasteiger partial charge < -0.3 is 20.0 Å². The lowest BCUT2D eigenvalue weighted by Crippen LogP contribution is -2.51. The lowest BCUT2D eigenvalue weighted by atomic mass is 9.89. The molecular formula is C12H20N2O5. The lowest BCUT2D eigenvalue weighted by molar-refractivity contribution is -0.140. The smallest absolute Gasteiger partial charge is 0.323 e. The minimum atomic E-state index is -1.21. The zero-order valence-electron chi connectivity index (χ0n) is 11.2. The van der Waals surface area contributed by atoms with Gasteiger partial charge in [-0.2, -0.15) is 0 Å². The third kappa shape index (κ3) is 4.42. The molecule has 1 aliphatic heterocycles. The summed E-state index contributed by atoms with van der Waals surface area (Å²) in [6.07, 6.45) is 0.848. The van der Waals surface area contributed by atoms with Gasteiger partial charge in [-0.05, 0) is 18.3 Å². The van der Waals surface area contributed by atoms with E-state index < -0.39 is 31.1 Å². The zero-order chi connectivity index (χ0) is 14.6. The van der Waals surface area contributed by atoms with Crippen molar-refractivity contribution in [1.82, 2.24) is 9.80 Å². The molecule has 1 saturated heterocycles. The van der Waals surface area contributed by atoms with E-state index >= 15 is 0 Å². The normalized spacial score (nSPS) is 22.9. The summed E-state index contributed by atoms with van der Waals surface area (Å²) in [6.45, 7) is 4.04. The van der Waals surface area contributed by atoms with Crippen molar-refractivity contribution in [3.05, 3.63) is 0 Å². The quantitative estimate of drug-likeness (QED) is 0.779. The van der Waals surface area contributed by atoms with Gasteiger partial charge in [0.1, 0.15) is 13.1 Å². The first-order valence-corrected chi connectivity index (χ1v) is 6.28. The number of amides is 2. The Balaban J connectivity index is 2.70. The van der Waals surface area contributed by atoms with Gasteiger partial charge in [-0.3, -0.25) is 9.59 Å². The summed E-state index contributed by atoms with van der Waals surface area (Å²) < 4.78 is 0. The Morgan fingerprint density at radius 3 is 2.05 bits per heavy atom. The first-order valence-electron chi connectivity index (χ1n) is 6.28. The summed E-state index contributed by atoms with van der Waals surface area (Å²) in [7, 11) is 0. The van der Waals surface area contributed by atoms with Crippen LogP contribution in [0, 0.1) is 11.8 Å². The van der Waals surface area contributed by atoms with E-state index in [0.717, 1.165) is 11.3 Å². The molecule has 7 nitrogen and oxygen atoms in total. The van der Waals surface area contributed by atoms with Crippen LogP contribution in [0.15, 0.2) is 0 Å². The Hall–Kier alpha value is -1.79. The fourth-order valence-electron chi connectivity index (χ4n) is 2.15. The van der Waals surface area contributed by atoms with Gasteiger partial charge in [0.05, 0.1) is 0 Å². The van der Waals surface area contributed by atoms with Crippen molar-refractivity contribution in [3.63, 3.8) is 0 Å². The second-order valence-corrected chi connectivity index (χ2v) is 5.12. The van der Waals surface area contributed by atoms with Crippen LogP contribution in [-0.2, 0) is 9.59 Å². The van der Waals surface area contributed by atoms with Gasteiger partial charge >= 0.3 is 18.0 Å². The zero-order valence-corrected chi connectivity index (χ0v) is 11.2. The predicted molar refractivity (Wildman–Crippen MR) is 66.8 cm³/mol. The predicted octanol–water partition coefficient (Wildman–Crippen LogP) is 0.556. The molecule has 0 radical (unpaired) electrons. The number of hydrogen-bond donors (Lipinski definition) is 2. The summed E-state index contributed by atoms with van der Waals surface area (Å²) in [5.74, 6) is -1.59. The van der Waals surface area contributed by atoms with Gasteiger partial charge in [-0.1, -0.05) is 13.8 Å². The monoisotopic (exact) mass is 272 g/mol. The SMILES string of the molecule is CC1CCN(C(=O)N(CC(=O)O)CC(=O)O)CC1C. The fourth-order valence-corrected chi connectivity index (χ4v) is 2.15. The number of carbonyl (C=O) groups is 3. The van der Waals surface area contributed by atoms with Crippen molar-refractivity contribution in [3.8, 4) is 0 Å². The van der Waals surface area contributed by atoms with Crippen molar-refractivity contribution in [2.45, 2.75) is 20.3 Å². The van der Waals surface area contributed by atoms with Crippen LogP contribution in [0.5, 0.6) is 0 Å². The first-order chi connectivity index (χ1) is 8.81. The number of hydrogen-bond acceptors (Lipinski definition) is 3. The Labute approximate surface area is 111 Å². The van der Waals surface area contributed by atoms with Gasteiger partial charge in [-0.15, -0.1) is 0 Å². The van der Waals surface area contributed by atoms with Gasteiger partial charge in [0, 0.05) is 13.1 Å². The molecule has 0 aromatic rings. The maximum Gasteiger partial charge on any atom is 0.323 e. The summed E-state index contributed by atoms with van der Waals surface area (Å²) >= 11 is 0. The highest BCUT2D eigenvalue weighted by Gasteiger charge is 2.30. The molecule has 2 unspecified atom stereocenters. The van der Waals surface area contributed by atoms with E-state index in [2.05, 4.69) is 6.92 Å². The molecule has 108 valence electrons. The molecular weight excluding hydrogens is 252 g/mol. The molecule has 0 bridgehead atoms. The largest absolute Gasteiger partial charge is 0.480 e. The molecule has 7 heteroatoms. The van der Waals surface area contributed by atoms with Crippen LogP contribution in [0.3, 0.4) is 0 Å². The molecule has 1 heterocycles. The summed E-state index contributed by atoms with van der Waals surface area (Å²) in [5, 5.41) is 17.5. The summed E-state index contributed by atoms with van der Waals surface area (Å²) in [5.41, 5.74) is 0. The number of likely N-dealkylation sites (tertiary alicyclic amines) is 1. The molecule has 1 aliphatic rings. The second kappa shape index (κ2) is 6.40. The van der Waals surface area contributed by atoms with E-state index in [0.29, 0.717) is 24.9 Å². The number of urea groups is 1. The molecule has 2 amide bonds. The Morgan fingerprint density at radius 2 is 1.63 bits per heavy atom. The van der Waals surface area contributed by atoms with Gasteiger partial charge in [0.15, 0.2) is 0 Å². The van der Waals surface area contributed by atoms with Crippen molar-refractivity contribution < 1.29 is 24.6 Å². The Bertz CT molecular complexity index is 355. The Kier molecular flexibility index (Phi) is 5.14. The molecule has 0 aromatic heterocycles. The highest BCUT2D eigenvalue weighted by atomic mass is 16.4. The van der Waals surface area contributed by atoms with E-state index in [4.69, 9.17) is 10.2 Å². The molecule has 0 aliphatic carbocycles. The van der Waals surface area contributed by atoms with Crippen LogP contribution < -0.4 is 0 Å². The number of carboxylic acids is 2. The average Bonchev–Trinajstić information content (AvgIpc) is 2.29. The fraction of sp³-hybridized carbons (Fsp3) is 0.750. The number of rotatable bonds is 4. The van der Waals surface area contributed by atoms with Gasteiger partial charge in [-0.25, -0.2) is 4.79 Å². The lowest BCUT2D eigenvalue weighted by Gasteiger charge is -2.37. The maximum absolute atomic E-state index is 12.1. The van der Waals surface area contributed by atoms with Gasteiger partial charge in [0.25, 0.3) is 0 Å². The molecule has 2 atom stereocenters. The average molecular weight is 272 g/mol. The van der Waals surface area contributed by atoms with E-state index in [9.17, 15) is 14.4 Å². The van der Waals surface area contributed by atoms with Crippen LogP contribution >= 0.6 is 0 Å². The van der Waals surface area contributed by atoms with Crippen LogP contribution in [0.1, 0.15) is 20.3 Å². The Morgan fingerprint density at radius 1 is 1.11 bits per heavy atom. The van der Waals surface area contributed by atoms with Gasteiger partial charge in [0.2, 0.25) is 0 Å². The molecule has 0 aromatic carbocycles. The van der Waals surface area contributed by atoms with Crippen molar-refractivity contribution in [2.75, 3.05) is 26.2 Å². The van der Waals surface area contributed by atoms with Crippen molar-refractivity contribution in [1.29, 1.82) is 0 Å². The molecule has 1 fully saturated rings. The molecule has 0 spiro atoms.